The van der Waals surface area contributed by atoms with Gasteiger partial charge >= 0.3 is 12.4 Å². The van der Waals surface area contributed by atoms with Crippen molar-refractivity contribution in [3.63, 3.8) is 0 Å². The van der Waals surface area contributed by atoms with E-state index in [4.69, 9.17) is 0 Å². The van der Waals surface area contributed by atoms with E-state index in [2.05, 4.69) is 10.3 Å². The second-order valence-electron chi connectivity index (χ2n) is 4.28. The van der Waals surface area contributed by atoms with E-state index in [0.717, 1.165) is 0 Å². The Balaban J connectivity index is 3.03. The highest BCUT2D eigenvalue weighted by atomic mass is 19.4. The van der Waals surface area contributed by atoms with Crippen LogP contribution in [0.15, 0.2) is 24.5 Å². The van der Waals surface area contributed by atoms with Crippen molar-refractivity contribution in [2.45, 2.75) is 31.7 Å². The largest absolute Gasteiger partial charge is 0.402 e. The van der Waals surface area contributed by atoms with Gasteiger partial charge < -0.3 is 5.32 Å². The molecule has 114 valence electrons. The molecule has 1 aromatic heterocycles. The van der Waals surface area contributed by atoms with Crippen molar-refractivity contribution in [3.8, 4) is 0 Å². The molecule has 1 heterocycles. The van der Waals surface area contributed by atoms with E-state index in [0.29, 0.717) is 5.56 Å². The number of pyridine rings is 1. The summed E-state index contributed by atoms with van der Waals surface area (Å²) in [7, 11) is 0. The smallest absolute Gasteiger partial charge is 0.313 e. The maximum atomic E-state index is 12.7. The fraction of sp³-hybridized carbons (Fsp3) is 0.583. The first-order chi connectivity index (χ1) is 9.16. The second-order valence-corrected chi connectivity index (χ2v) is 4.28. The highest BCUT2D eigenvalue weighted by Gasteiger charge is 2.59. The lowest BCUT2D eigenvalue weighted by molar-refractivity contribution is -0.291. The molecule has 0 aliphatic heterocycles. The van der Waals surface area contributed by atoms with E-state index in [1.807, 2.05) is 0 Å². The molecule has 0 fully saturated rings. The molecule has 0 spiro atoms. The van der Waals surface area contributed by atoms with Crippen molar-refractivity contribution in [1.29, 1.82) is 0 Å². The van der Waals surface area contributed by atoms with E-state index >= 15 is 0 Å². The molecular weight excluding hydrogens is 286 g/mol. The Hall–Kier alpha value is -1.31. The fourth-order valence-corrected chi connectivity index (χ4v) is 1.98. The summed E-state index contributed by atoms with van der Waals surface area (Å²) in [6.45, 7) is 1.47. The Labute approximate surface area is 112 Å². The molecule has 1 atom stereocenters. The first-order valence-corrected chi connectivity index (χ1v) is 5.92. The SMILES string of the molecule is CCNC(Cc1ccncc1)C(C(F)(F)F)C(F)(F)F. The Bertz CT molecular complexity index is 387. The summed E-state index contributed by atoms with van der Waals surface area (Å²) >= 11 is 0. The lowest BCUT2D eigenvalue weighted by atomic mass is 9.92. The molecule has 0 amide bonds. The monoisotopic (exact) mass is 300 g/mol. The van der Waals surface area contributed by atoms with Crippen molar-refractivity contribution >= 4 is 0 Å². The van der Waals surface area contributed by atoms with Crippen LogP contribution in [0.3, 0.4) is 0 Å². The average molecular weight is 300 g/mol. The Morgan fingerprint density at radius 1 is 1.05 bits per heavy atom. The number of likely N-dealkylation sites (N-methyl/N-ethyl adjacent to an activating group) is 1. The number of rotatable bonds is 5. The van der Waals surface area contributed by atoms with Crippen LogP contribution in [-0.2, 0) is 6.42 Å². The van der Waals surface area contributed by atoms with Gasteiger partial charge in [0.05, 0.1) is 0 Å². The van der Waals surface area contributed by atoms with E-state index in [-0.39, 0.29) is 13.0 Å². The quantitative estimate of drug-likeness (QED) is 0.844. The lowest BCUT2D eigenvalue weighted by Crippen LogP contribution is -2.52. The molecule has 8 heteroatoms. The zero-order valence-corrected chi connectivity index (χ0v) is 10.6. The van der Waals surface area contributed by atoms with Crippen molar-refractivity contribution in [1.82, 2.24) is 10.3 Å². The first kappa shape index (κ1) is 16.7. The van der Waals surface area contributed by atoms with E-state index in [9.17, 15) is 26.3 Å². The number of nitrogens with zero attached hydrogens (tertiary/aromatic N) is 1. The van der Waals surface area contributed by atoms with E-state index < -0.39 is 24.3 Å². The van der Waals surface area contributed by atoms with Crippen molar-refractivity contribution in [2.75, 3.05) is 6.54 Å². The van der Waals surface area contributed by atoms with Gasteiger partial charge in [-0.25, -0.2) is 0 Å². The van der Waals surface area contributed by atoms with Crippen LogP contribution in [0.4, 0.5) is 26.3 Å². The molecule has 0 aliphatic rings. The van der Waals surface area contributed by atoms with Gasteiger partial charge in [-0.15, -0.1) is 0 Å². The fourth-order valence-electron chi connectivity index (χ4n) is 1.98. The maximum absolute atomic E-state index is 12.7. The molecule has 0 bridgehead atoms. The van der Waals surface area contributed by atoms with Gasteiger partial charge in [0.1, 0.15) is 0 Å². The summed E-state index contributed by atoms with van der Waals surface area (Å²) in [6, 6.07) is 1.03. The van der Waals surface area contributed by atoms with Crippen molar-refractivity contribution in [2.24, 2.45) is 5.92 Å². The van der Waals surface area contributed by atoms with Crippen LogP contribution < -0.4 is 5.32 Å². The minimum absolute atomic E-state index is 0.0123. The number of alkyl halides is 6. The van der Waals surface area contributed by atoms with Gasteiger partial charge in [-0.1, -0.05) is 6.92 Å². The molecular formula is C12H14F6N2. The van der Waals surface area contributed by atoms with Gasteiger partial charge in [0.15, 0.2) is 5.92 Å². The molecule has 0 saturated carbocycles. The second kappa shape index (κ2) is 6.43. The summed E-state index contributed by atoms with van der Waals surface area (Å²) < 4.78 is 76.3. The summed E-state index contributed by atoms with van der Waals surface area (Å²) in [5.41, 5.74) is 0.365. The van der Waals surface area contributed by atoms with Crippen LogP contribution in [0.5, 0.6) is 0 Å². The lowest BCUT2D eigenvalue weighted by Gasteiger charge is -2.31. The molecule has 2 nitrogen and oxygen atoms in total. The third-order valence-corrected chi connectivity index (χ3v) is 2.78. The average Bonchev–Trinajstić information content (AvgIpc) is 2.26. The molecule has 20 heavy (non-hydrogen) atoms. The van der Waals surface area contributed by atoms with Crippen LogP contribution in [-0.4, -0.2) is 29.9 Å². The molecule has 1 unspecified atom stereocenters. The van der Waals surface area contributed by atoms with Crippen LogP contribution in [0, 0.1) is 5.92 Å². The number of hydrogen-bond donors (Lipinski definition) is 1. The summed E-state index contributed by atoms with van der Waals surface area (Å²) in [6.07, 6.45) is -8.42. The van der Waals surface area contributed by atoms with E-state index in [1.165, 1.54) is 31.5 Å². The highest BCUT2D eigenvalue weighted by Crippen LogP contribution is 2.42. The summed E-state index contributed by atoms with van der Waals surface area (Å²) in [5.74, 6) is -3.40. The number of nitrogens with one attached hydrogen (secondary N) is 1. The number of aromatic nitrogens is 1. The standard InChI is InChI=1S/C12H14F6N2/c1-2-20-9(7-8-3-5-19-6-4-8)10(11(13,14)15)12(16,17)18/h3-6,9-10,20H,2,7H2,1H3. The van der Waals surface area contributed by atoms with E-state index in [1.54, 1.807) is 0 Å². The predicted octanol–water partition coefficient (Wildman–Crippen LogP) is 3.34. The number of hydrogen-bond acceptors (Lipinski definition) is 2. The Kier molecular flexibility index (Phi) is 5.38. The van der Waals surface area contributed by atoms with Crippen LogP contribution >= 0.6 is 0 Å². The third kappa shape index (κ3) is 4.66. The minimum Gasteiger partial charge on any atom is -0.313 e. The number of halogens is 6. The molecule has 0 aliphatic carbocycles. The van der Waals surface area contributed by atoms with Gasteiger partial charge in [0.25, 0.3) is 0 Å². The maximum Gasteiger partial charge on any atom is 0.402 e. The first-order valence-electron chi connectivity index (χ1n) is 5.92. The van der Waals surface area contributed by atoms with Crippen molar-refractivity contribution in [3.05, 3.63) is 30.1 Å². The summed E-state index contributed by atoms with van der Waals surface area (Å²) in [4.78, 5) is 3.68. The minimum atomic E-state index is -5.35. The molecule has 0 saturated heterocycles. The van der Waals surface area contributed by atoms with Gasteiger partial charge in [-0.3, -0.25) is 4.98 Å². The topological polar surface area (TPSA) is 24.9 Å². The van der Waals surface area contributed by atoms with Crippen LogP contribution in [0.1, 0.15) is 12.5 Å². The van der Waals surface area contributed by atoms with Gasteiger partial charge in [-0.05, 0) is 30.7 Å². The molecule has 1 aromatic rings. The van der Waals surface area contributed by atoms with Crippen LogP contribution in [0.25, 0.3) is 0 Å². The Morgan fingerprint density at radius 3 is 1.95 bits per heavy atom. The highest BCUT2D eigenvalue weighted by molar-refractivity contribution is 5.12. The van der Waals surface area contributed by atoms with Gasteiger partial charge in [0, 0.05) is 18.4 Å². The molecule has 1 N–H and O–H groups in total. The normalized spacial score (nSPS) is 14.6. The van der Waals surface area contributed by atoms with Gasteiger partial charge in [0.2, 0.25) is 0 Å². The summed E-state index contributed by atoms with van der Waals surface area (Å²) in [5, 5.41) is 2.28. The van der Waals surface area contributed by atoms with Crippen LogP contribution in [0.2, 0.25) is 0 Å². The third-order valence-electron chi connectivity index (χ3n) is 2.78. The van der Waals surface area contributed by atoms with Gasteiger partial charge in [-0.2, -0.15) is 26.3 Å². The molecule has 0 radical (unpaired) electrons. The predicted molar refractivity (Wildman–Crippen MR) is 61.0 cm³/mol. The van der Waals surface area contributed by atoms with Crippen molar-refractivity contribution < 1.29 is 26.3 Å². The zero-order valence-electron chi connectivity index (χ0n) is 10.6. The Morgan fingerprint density at radius 2 is 1.55 bits per heavy atom. The molecule has 0 aromatic carbocycles. The zero-order chi connectivity index (χ0) is 15.4. The molecule has 1 rings (SSSR count).